The second kappa shape index (κ2) is 4.42. The Kier molecular flexibility index (Phi) is 2.60. The van der Waals surface area contributed by atoms with Crippen molar-refractivity contribution in [3.05, 3.63) is 29.6 Å². The van der Waals surface area contributed by atoms with Gasteiger partial charge in [-0.3, -0.25) is 5.10 Å². The molecule has 3 heterocycles. The van der Waals surface area contributed by atoms with Gasteiger partial charge in [-0.15, -0.1) is 0 Å². The van der Waals surface area contributed by atoms with Crippen LogP contribution in [0.3, 0.4) is 0 Å². The molecule has 23 heavy (non-hydrogen) atoms. The van der Waals surface area contributed by atoms with Crippen LogP contribution < -0.4 is 5.73 Å². The van der Waals surface area contributed by atoms with Crippen molar-refractivity contribution in [2.45, 2.75) is 18.3 Å². The first-order valence-corrected chi connectivity index (χ1v) is 6.79. The fourth-order valence-corrected chi connectivity index (χ4v) is 2.46. The molecule has 0 amide bonds. The lowest BCUT2D eigenvalue weighted by Crippen LogP contribution is -2.14. The molecule has 1 fully saturated rings. The monoisotopic (exact) mass is 313 g/mol. The number of rotatable bonds is 2. The summed E-state index contributed by atoms with van der Waals surface area (Å²) in [6.07, 6.45) is 2.06. The summed E-state index contributed by atoms with van der Waals surface area (Å²) in [4.78, 5) is 11.9. The normalized spacial score (nSPS) is 15.5. The van der Waals surface area contributed by atoms with Crippen molar-refractivity contribution in [1.82, 2.24) is 25.1 Å². The highest BCUT2D eigenvalue weighted by molar-refractivity contribution is 5.88. The third kappa shape index (κ3) is 1.92. The quantitative estimate of drug-likeness (QED) is 0.745. The van der Waals surface area contributed by atoms with Gasteiger partial charge in [0, 0.05) is 0 Å². The predicted molar refractivity (Wildman–Crippen MR) is 75.8 cm³/mol. The lowest BCUT2D eigenvalue weighted by Gasteiger charge is -2.10. The first kappa shape index (κ1) is 13.5. The van der Waals surface area contributed by atoms with E-state index < -0.39 is 17.0 Å². The van der Waals surface area contributed by atoms with E-state index in [0.717, 1.165) is 6.20 Å². The van der Waals surface area contributed by atoms with E-state index >= 15 is 0 Å². The summed E-state index contributed by atoms with van der Waals surface area (Å²) in [6, 6.07) is 3.29. The molecule has 0 saturated heterocycles. The van der Waals surface area contributed by atoms with Crippen molar-refractivity contribution < 1.29 is 8.78 Å². The highest BCUT2D eigenvalue weighted by Crippen LogP contribution is 2.48. The largest absolute Gasteiger partial charge is 0.381 e. The molecule has 9 heteroatoms. The number of H-pyrrole nitrogens is 1. The third-order valence-electron chi connectivity index (χ3n) is 3.89. The second-order valence-electron chi connectivity index (χ2n) is 5.41. The van der Waals surface area contributed by atoms with E-state index in [2.05, 4.69) is 31.2 Å². The van der Waals surface area contributed by atoms with Crippen molar-refractivity contribution in [3.63, 3.8) is 0 Å². The first-order valence-electron chi connectivity index (χ1n) is 6.79. The Hall–Kier alpha value is -3.15. The van der Waals surface area contributed by atoms with E-state index in [4.69, 9.17) is 5.73 Å². The van der Waals surface area contributed by atoms with Crippen LogP contribution in [-0.4, -0.2) is 25.1 Å². The topological polar surface area (TPSA) is 117 Å². The maximum Gasteiger partial charge on any atom is 0.188 e. The minimum Gasteiger partial charge on any atom is -0.381 e. The molecule has 1 aliphatic carbocycles. The molecule has 0 atom stereocenters. The van der Waals surface area contributed by atoms with Gasteiger partial charge in [0.15, 0.2) is 23.1 Å². The zero-order chi connectivity index (χ0) is 16.2. The maximum absolute atomic E-state index is 14.2. The van der Waals surface area contributed by atoms with Crippen LogP contribution in [0.5, 0.6) is 0 Å². The number of halogens is 2. The number of pyridine rings is 1. The number of nitrogen functional groups attached to an aromatic ring is 1. The molecule has 1 saturated carbocycles. The van der Waals surface area contributed by atoms with E-state index in [1.807, 2.05) is 0 Å². The van der Waals surface area contributed by atoms with Crippen molar-refractivity contribution in [2.75, 3.05) is 5.73 Å². The fraction of sp³-hybridized carbons (Fsp3) is 0.214. The molecule has 0 aromatic carbocycles. The first-order chi connectivity index (χ1) is 11.0. The van der Waals surface area contributed by atoms with Gasteiger partial charge in [-0.25, -0.2) is 23.7 Å². The van der Waals surface area contributed by atoms with Gasteiger partial charge in [-0.05, 0) is 18.9 Å². The average Bonchev–Trinajstić information content (AvgIpc) is 3.23. The highest BCUT2D eigenvalue weighted by atomic mass is 19.1. The molecule has 0 aliphatic heterocycles. The summed E-state index contributed by atoms with van der Waals surface area (Å²) in [5, 5.41) is 16.2. The van der Waals surface area contributed by atoms with Gasteiger partial charge >= 0.3 is 0 Å². The summed E-state index contributed by atoms with van der Waals surface area (Å²) >= 11 is 0. The van der Waals surface area contributed by atoms with Crippen molar-refractivity contribution in [3.8, 4) is 17.6 Å². The summed E-state index contributed by atoms with van der Waals surface area (Å²) in [7, 11) is 0. The Morgan fingerprint density at radius 2 is 2.09 bits per heavy atom. The van der Waals surface area contributed by atoms with Gasteiger partial charge in [0.2, 0.25) is 0 Å². The van der Waals surface area contributed by atoms with Gasteiger partial charge in [0.25, 0.3) is 0 Å². The molecular weight excluding hydrogens is 304 g/mol. The molecule has 7 nitrogen and oxygen atoms in total. The molecule has 0 unspecified atom stereocenters. The van der Waals surface area contributed by atoms with Crippen LogP contribution in [0.25, 0.3) is 22.6 Å². The fourth-order valence-electron chi connectivity index (χ4n) is 2.46. The number of hydrogen-bond acceptors (Lipinski definition) is 6. The smallest absolute Gasteiger partial charge is 0.188 e. The van der Waals surface area contributed by atoms with Crippen LogP contribution in [0, 0.1) is 23.0 Å². The van der Waals surface area contributed by atoms with Gasteiger partial charge in [-0.1, -0.05) is 0 Å². The molecular formula is C14H9F2N7. The zero-order valence-electron chi connectivity index (χ0n) is 11.6. The lowest BCUT2D eigenvalue weighted by molar-refractivity contribution is 0.584. The Balaban J connectivity index is 1.96. The lowest BCUT2D eigenvalue weighted by atomic mass is 10.0. The maximum atomic E-state index is 14.2. The minimum atomic E-state index is -0.963. The van der Waals surface area contributed by atoms with Crippen LogP contribution in [-0.2, 0) is 5.41 Å². The van der Waals surface area contributed by atoms with Crippen LogP contribution in [0.2, 0.25) is 0 Å². The van der Waals surface area contributed by atoms with Crippen molar-refractivity contribution >= 4 is 16.9 Å². The van der Waals surface area contributed by atoms with Crippen molar-refractivity contribution in [1.29, 1.82) is 5.26 Å². The molecule has 3 aromatic rings. The molecule has 1 aliphatic rings. The predicted octanol–water partition coefficient (Wildman–Crippen LogP) is 1.83. The number of nitrogens with one attached hydrogen (secondary N) is 1. The zero-order valence-corrected chi connectivity index (χ0v) is 11.6. The summed E-state index contributed by atoms with van der Waals surface area (Å²) in [6.45, 7) is 0. The number of nitrogens with two attached hydrogens (primary N) is 1. The minimum absolute atomic E-state index is 0.0328. The molecule has 0 spiro atoms. The van der Waals surface area contributed by atoms with Gasteiger partial charge in [0.1, 0.15) is 22.6 Å². The number of nitrogens with zero attached hydrogens (tertiary/aromatic N) is 5. The van der Waals surface area contributed by atoms with Gasteiger partial charge < -0.3 is 5.73 Å². The van der Waals surface area contributed by atoms with E-state index in [0.29, 0.717) is 18.2 Å². The summed E-state index contributed by atoms with van der Waals surface area (Å²) < 4.78 is 27.6. The SMILES string of the molecule is N#CC1(c2nc(-c3[nH]nc4ncc(F)cc34)nc(N)c2F)CC1. The molecule has 3 N–H and O–H groups in total. The molecule has 3 aromatic heterocycles. The van der Waals surface area contributed by atoms with E-state index in [-0.39, 0.29) is 28.7 Å². The van der Waals surface area contributed by atoms with Crippen molar-refractivity contribution in [2.24, 2.45) is 0 Å². The Morgan fingerprint density at radius 1 is 1.30 bits per heavy atom. The van der Waals surface area contributed by atoms with Crippen LogP contribution in [0.1, 0.15) is 18.5 Å². The number of aromatic nitrogens is 5. The Labute approximate surface area is 128 Å². The molecule has 0 radical (unpaired) electrons. The average molecular weight is 313 g/mol. The number of anilines is 1. The van der Waals surface area contributed by atoms with E-state index in [9.17, 15) is 14.0 Å². The summed E-state index contributed by atoms with van der Waals surface area (Å²) in [5.41, 5.74) is 5.17. The highest BCUT2D eigenvalue weighted by Gasteiger charge is 2.49. The Bertz CT molecular complexity index is 985. The molecule has 0 bridgehead atoms. The van der Waals surface area contributed by atoms with E-state index in [1.54, 1.807) is 0 Å². The number of hydrogen-bond donors (Lipinski definition) is 2. The number of fused-ring (bicyclic) bond motifs is 1. The standard InChI is InChI=1S/C14H9F2N7/c15-6-3-7-9(22-23-12(7)19-4-6)13-20-10(8(16)11(18)21-13)14(5-17)1-2-14/h3-4H,1-2H2,(H2,18,20,21)(H,19,22,23). The second-order valence-corrected chi connectivity index (χ2v) is 5.41. The molecule has 114 valence electrons. The number of nitriles is 1. The van der Waals surface area contributed by atoms with Crippen LogP contribution in [0.15, 0.2) is 12.3 Å². The van der Waals surface area contributed by atoms with Crippen LogP contribution in [0.4, 0.5) is 14.6 Å². The third-order valence-corrected chi connectivity index (χ3v) is 3.89. The van der Waals surface area contributed by atoms with Crippen LogP contribution >= 0.6 is 0 Å². The Morgan fingerprint density at radius 3 is 2.78 bits per heavy atom. The summed E-state index contributed by atoms with van der Waals surface area (Å²) in [5.74, 6) is -1.65. The van der Waals surface area contributed by atoms with Gasteiger partial charge in [0.05, 0.1) is 17.7 Å². The van der Waals surface area contributed by atoms with E-state index in [1.165, 1.54) is 6.07 Å². The van der Waals surface area contributed by atoms with Gasteiger partial charge in [-0.2, -0.15) is 10.4 Å². The number of aromatic amines is 1. The molecule has 4 rings (SSSR count).